The van der Waals surface area contributed by atoms with Gasteiger partial charge in [-0.3, -0.25) is 0 Å². The number of ether oxygens (including phenoxy) is 1. The molecule has 0 fully saturated rings. The van der Waals surface area contributed by atoms with Crippen LogP contribution in [0.1, 0.15) is 0 Å². The number of fused-ring (bicyclic) bond motifs is 12. The lowest BCUT2D eigenvalue weighted by atomic mass is 10.0. The van der Waals surface area contributed by atoms with E-state index >= 15 is 0 Å². The second-order valence-corrected chi connectivity index (χ2v) is 12.1. The molecule has 4 heteroatoms. The van der Waals surface area contributed by atoms with Gasteiger partial charge in [-0.1, -0.05) is 91.0 Å². The van der Waals surface area contributed by atoms with Crippen LogP contribution in [-0.2, 0) is 0 Å². The first-order valence-electron chi connectivity index (χ1n) is 15.6. The summed E-state index contributed by atoms with van der Waals surface area (Å²) in [7, 11) is 0. The minimum atomic E-state index is 0.861. The lowest BCUT2D eigenvalue weighted by Crippen LogP contribution is -2.06. The Balaban J connectivity index is 1.16. The summed E-state index contributed by atoms with van der Waals surface area (Å²) < 4.78 is 17.7. The minimum Gasteiger partial charge on any atom is -0.456 e. The average molecular weight is 589 g/mol. The number of hydrogen-bond donors (Lipinski definition) is 0. The van der Waals surface area contributed by atoms with Gasteiger partial charge in [-0.2, -0.15) is 0 Å². The van der Waals surface area contributed by atoms with Gasteiger partial charge in [0.1, 0.15) is 11.2 Å². The first kappa shape index (κ1) is 24.1. The first-order valence-corrected chi connectivity index (χ1v) is 15.6. The Bertz CT molecular complexity index is 2880. The van der Waals surface area contributed by atoms with Crippen molar-refractivity contribution in [2.75, 3.05) is 0 Å². The molecule has 0 radical (unpaired) electrons. The molecule has 4 heterocycles. The third-order valence-corrected chi connectivity index (χ3v) is 9.71. The lowest BCUT2D eigenvalue weighted by Gasteiger charge is -2.23. The molecule has 0 saturated carbocycles. The largest absolute Gasteiger partial charge is 0.456 e. The number of benzene rings is 7. The maximum Gasteiger partial charge on any atom is 0.152 e. The molecule has 0 saturated heterocycles. The van der Waals surface area contributed by atoms with Crippen LogP contribution in [0.3, 0.4) is 0 Å². The van der Waals surface area contributed by atoms with Gasteiger partial charge in [0.2, 0.25) is 0 Å². The van der Waals surface area contributed by atoms with Crippen molar-refractivity contribution < 1.29 is 9.15 Å². The van der Waals surface area contributed by atoms with Crippen molar-refractivity contribution in [2.24, 2.45) is 0 Å². The van der Waals surface area contributed by atoms with E-state index in [-0.39, 0.29) is 0 Å². The fourth-order valence-corrected chi connectivity index (χ4v) is 7.81. The lowest BCUT2D eigenvalue weighted by molar-refractivity contribution is 0.477. The van der Waals surface area contributed by atoms with Crippen LogP contribution in [0.2, 0.25) is 0 Å². The SMILES string of the molecule is c1cc2c(c(-c3ccc(-n4c5ccccc5c5ccc6oc7ccccc7c6c54)cc3)c1)-n1c3ccccc3c3cccc(c31)O2. The van der Waals surface area contributed by atoms with Crippen molar-refractivity contribution in [1.29, 1.82) is 0 Å². The van der Waals surface area contributed by atoms with Crippen LogP contribution in [-0.4, -0.2) is 9.13 Å². The molecule has 1 aliphatic rings. The molecule has 214 valence electrons. The molecule has 7 aromatic carbocycles. The zero-order valence-electron chi connectivity index (χ0n) is 24.6. The van der Waals surface area contributed by atoms with E-state index in [1.807, 2.05) is 12.1 Å². The fraction of sp³-hybridized carbons (Fsp3) is 0. The van der Waals surface area contributed by atoms with Crippen molar-refractivity contribution in [3.63, 3.8) is 0 Å². The Kier molecular flexibility index (Phi) is 4.55. The third-order valence-electron chi connectivity index (χ3n) is 9.71. The van der Waals surface area contributed by atoms with E-state index in [0.29, 0.717) is 0 Å². The number of para-hydroxylation sites is 5. The van der Waals surface area contributed by atoms with Crippen LogP contribution in [0.25, 0.3) is 88.1 Å². The van der Waals surface area contributed by atoms with Crippen LogP contribution in [0.5, 0.6) is 11.5 Å². The molecule has 46 heavy (non-hydrogen) atoms. The second kappa shape index (κ2) is 8.68. The monoisotopic (exact) mass is 588 g/mol. The molecule has 4 nitrogen and oxygen atoms in total. The third kappa shape index (κ3) is 3.03. The summed E-state index contributed by atoms with van der Waals surface area (Å²) in [6.07, 6.45) is 0. The Morgan fingerprint density at radius 2 is 1.07 bits per heavy atom. The molecular formula is C42H24N2O2. The summed E-state index contributed by atoms with van der Waals surface area (Å²) in [5.41, 5.74) is 10.9. The average Bonchev–Trinajstić information content (AvgIpc) is 3.77. The predicted molar refractivity (Wildman–Crippen MR) is 188 cm³/mol. The smallest absolute Gasteiger partial charge is 0.152 e. The van der Waals surface area contributed by atoms with Gasteiger partial charge in [-0.25, -0.2) is 0 Å². The van der Waals surface area contributed by atoms with Crippen molar-refractivity contribution >= 4 is 65.6 Å². The first-order chi connectivity index (χ1) is 22.8. The zero-order chi connectivity index (χ0) is 29.9. The van der Waals surface area contributed by atoms with E-state index in [0.717, 1.165) is 61.5 Å². The van der Waals surface area contributed by atoms with Crippen molar-refractivity contribution in [3.05, 3.63) is 146 Å². The second-order valence-electron chi connectivity index (χ2n) is 12.1. The molecular weight excluding hydrogens is 564 g/mol. The summed E-state index contributed by atoms with van der Waals surface area (Å²) in [6.45, 7) is 0. The number of aromatic nitrogens is 2. The van der Waals surface area contributed by atoms with Crippen LogP contribution in [0, 0.1) is 0 Å². The summed E-state index contributed by atoms with van der Waals surface area (Å²) in [5, 5.41) is 7.15. The van der Waals surface area contributed by atoms with E-state index in [1.54, 1.807) is 0 Å². The molecule has 0 bridgehead atoms. The highest BCUT2D eigenvalue weighted by molar-refractivity contribution is 6.24. The Labute approximate surface area is 262 Å². The van der Waals surface area contributed by atoms with Crippen molar-refractivity contribution in [2.45, 2.75) is 0 Å². The fourth-order valence-electron chi connectivity index (χ4n) is 7.81. The van der Waals surface area contributed by atoms with Gasteiger partial charge in [0.25, 0.3) is 0 Å². The van der Waals surface area contributed by atoms with Gasteiger partial charge >= 0.3 is 0 Å². The zero-order valence-corrected chi connectivity index (χ0v) is 24.6. The molecule has 3 aromatic heterocycles. The van der Waals surface area contributed by atoms with Crippen molar-refractivity contribution in [1.82, 2.24) is 9.13 Å². The quantitative estimate of drug-likeness (QED) is 0.201. The number of rotatable bonds is 2. The van der Waals surface area contributed by atoms with Gasteiger partial charge in [0.15, 0.2) is 11.5 Å². The number of hydrogen-bond acceptors (Lipinski definition) is 2. The van der Waals surface area contributed by atoms with Crippen LogP contribution >= 0.6 is 0 Å². The van der Waals surface area contributed by atoms with Crippen LogP contribution in [0.15, 0.2) is 150 Å². The maximum atomic E-state index is 6.55. The summed E-state index contributed by atoms with van der Waals surface area (Å²) in [6, 6.07) is 51.6. The van der Waals surface area contributed by atoms with Gasteiger partial charge in [-0.15, -0.1) is 0 Å². The van der Waals surface area contributed by atoms with Crippen LogP contribution in [0.4, 0.5) is 0 Å². The molecule has 10 aromatic rings. The van der Waals surface area contributed by atoms with Gasteiger partial charge in [0.05, 0.1) is 33.1 Å². The van der Waals surface area contributed by atoms with Gasteiger partial charge in [0, 0.05) is 38.2 Å². The van der Waals surface area contributed by atoms with E-state index in [2.05, 4.69) is 143 Å². The highest BCUT2D eigenvalue weighted by atomic mass is 16.5. The van der Waals surface area contributed by atoms with Gasteiger partial charge in [-0.05, 0) is 60.2 Å². The van der Waals surface area contributed by atoms with Gasteiger partial charge < -0.3 is 18.3 Å². The molecule has 0 amide bonds. The molecule has 0 spiro atoms. The molecule has 0 atom stereocenters. The summed E-state index contributed by atoms with van der Waals surface area (Å²) >= 11 is 0. The Morgan fingerprint density at radius 1 is 0.413 bits per heavy atom. The van der Waals surface area contributed by atoms with E-state index in [9.17, 15) is 0 Å². The summed E-state index contributed by atoms with van der Waals surface area (Å²) in [5.74, 6) is 1.75. The van der Waals surface area contributed by atoms with Crippen LogP contribution < -0.4 is 4.74 Å². The Hall–Kier alpha value is -6.26. The minimum absolute atomic E-state index is 0.861. The van der Waals surface area contributed by atoms with E-state index < -0.39 is 0 Å². The predicted octanol–water partition coefficient (Wildman–Crippen LogP) is 11.6. The highest BCUT2D eigenvalue weighted by Crippen LogP contribution is 2.48. The van der Waals surface area contributed by atoms with E-state index in [4.69, 9.17) is 9.15 Å². The van der Waals surface area contributed by atoms with Crippen molar-refractivity contribution in [3.8, 4) is 34.0 Å². The molecule has 0 N–H and O–H groups in total. The molecule has 11 rings (SSSR count). The maximum absolute atomic E-state index is 6.55. The standard InChI is InChI=1S/C42H24N2O2/c1-4-14-33-29(10-1)31-23-24-36-39(32-11-3-6-16-35(32)45-36)42(31)43(33)26-21-19-25(20-22-26)27-12-7-17-37-40(27)44-34-15-5-2-9-28(34)30-13-8-18-38(46-37)41(30)44/h1-24H. The summed E-state index contributed by atoms with van der Waals surface area (Å²) in [4.78, 5) is 0. The number of nitrogens with zero attached hydrogens (tertiary/aromatic N) is 2. The topological polar surface area (TPSA) is 32.2 Å². The van der Waals surface area contributed by atoms with E-state index in [1.165, 1.54) is 38.1 Å². The molecule has 1 aliphatic heterocycles. The number of furan rings is 1. The molecule has 0 unspecified atom stereocenters. The molecule has 0 aliphatic carbocycles. The normalized spacial score (nSPS) is 12.5. The Morgan fingerprint density at radius 3 is 1.89 bits per heavy atom. The highest BCUT2D eigenvalue weighted by Gasteiger charge is 2.26.